The van der Waals surface area contributed by atoms with E-state index in [2.05, 4.69) is 19.2 Å². The van der Waals surface area contributed by atoms with Gasteiger partial charge in [-0.05, 0) is 25.3 Å². The third-order valence-corrected chi connectivity index (χ3v) is 2.01. The highest BCUT2D eigenvalue weighted by Gasteiger charge is 2.11. The highest BCUT2D eigenvalue weighted by Crippen LogP contribution is 2.04. The second kappa shape index (κ2) is 6.35. The van der Waals surface area contributed by atoms with Gasteiger partial charge >= 0.3 is 0 Å². The molecule has 0 aliphatic carbocycles. The van der Waals surface area contributed by atoms with Crippen LogP contribution in [-0.2, 0) is 9.47 Å². The molecule has 1 aliphatic rings. The lowest BCUT2D eigenvalue weighted by Crippen LogP contribution is -2.32. The Morgan fingerprint density at radius 2 is 1.85 bits per heavy atom. The van der Waals surface area contributed by atoms with Gasteiger partial charge in [0.05, 0.1) is 0 Å². The fraction of sp³-hybridized carbons (Fsp3) is 1.00. The lowest BCUT2D eigenvalue weighted by molar-refractivity contribution is -0.122. The van der Waals surface area contributed by atoms with Crippen molar-refractivity contribution in [2.24, 2.45) is 5.92 Å². The van der Waals surface area contributed by atoms with Gasteiger partial charge in [-0.25, -0.2) is 0 Å². The molecule has 0 spiro atoms. The molecule has 1 rings (SSSR count). The van der Waals surface area contributed by atoms with E-state index >= 15 is 0 Å². The van der Waals surface area contributed by atoms with Crippen molar-refractivity contribution in [2.75, 3.05) is 26.3 Å². The molecule has 0 amide bonds. The Balaban J connectivity index is 2.05. The maximum absolute atomic E-state index is 5.50. The van der Waals surface area contributed by atoms with E-state index in [1.807, 2.05) is 0 Å². The van der Waals surface area contributed by atoms with Crippen LogP contribution in [0.1, 0.15) is 26.7 Å². The molecule has 3 heteroatoms. The predicted octanol–water partition coefficient (Wildman–Crippen LogP) is 1.39. The molecule has 0 bridgehead atoms. The number of hydrogen-bond acceptors (Lipinski definition) is 3. The third-order valence-electron chi connectivity index (χ3n) is 2.01. The van der Waals surface area contributed by atoms with Crippen LogP contribution in [0.4, 0.5) is 0 Å². The monoisotopic (exact) mass is 187 g/mol. The average molecular weight is 187 g/mol. The first-order chi connectivity index (χ1) is 6.29. The minimum atomic E-state index is -0.0266. The van der Waals surface area contributed by atoms with Crippen molar-refractivity contribution in [2.45, 2.75) is 33.0 Å². The first-order valence-corrected chi connectivity index (χ1v) is 5.23. The summed E-state index contributed by atoms with van der Waals surface area (Å²) in [5.41, 5.74) is 0. The molecule has 13 heavy (non-hydrogen) atoms. The van der Waals surface area contributed by atoms with Gasteiger partial charge in [-0.3, -0.25) is 0 Å². The first kappa shape index (κ1) is 11.0. The van der Waals surface area contributed by atoms with Crippen LogP contribution in [0.2, 0.25) is 0 Å². The Morgan fingerprint density at radius 1 is 1.23 bits per heavy atom. The van der Waals surface area contributed by atoms with Crippen LogP contribution in [-0.4, -0.2) is 32.6 Å². The van der Waals surface area contributed by atoms with Crippen LogP contribution in [0.25, 0.3) is 0 Å². The second-order valence-electron chi connectivity index (χ2n) is 3.93. The Bertz CT molecular complexity index is 120. The summed E-state index contributed by atoms with van der Waals surface area (Å²) in [6, 6.07) is 0. The number of nitrogens with one attached hydrogen (secondary N) is 1. The summed E-state index contributed by atoms with van der Waals surface area (Å²) in [4.78, 5) is 0. The van der Waals surface area contributed by atoms with Gasteiger partial charge in [-0.15, -0.1) is 0 Å². The van der Waals surface area contributed by atoms with Crippen molar-refractivity contribution in [3.05, 3.63) is 0 Å². The van der Waals surface area contributed by atoms with Crippen LogP contribution in [0.15, 0.2) is 0 Å². The molecule has 1 aliphatic heterocycles. The molecule has 1 N–H and O–H groups in total. The zero-order chi connectivity index (χ0) is 9.52. The summed E-state index contributed by atoms with van der Waals surface area (Å²) in [7, 11) is 0. The van der Waals surface area contributed by atoms with Gasteiger partial charge in [-0.1, -0.05) is 13.8 Å². The summed E-state index contributed by atoms with van der Waals surface area (Å²) in [5, 5.41) is 3.33. The number of rotatable bonds is 4. The van der Waals surface area contributed by atoms with E-state index in [4.69, 9.17) is 9.47 Å². The van der Waals surface area contributed by atoms with E-state index in [-0.39, 0.29) is 6.29 Å². The Morgan fingerprint density at radius 3 is 2.38 bits per heavy atom. The molecule has 1 heterocycles. The van der Waals surface area contributed by atoms with Gasteiger partial charge in [0.25, 0.3) is 0 Å². The Hall–Kier alpha value is -0.120. The van der Waals surface area contributed by atoms with Crippen LogP contribution in [0.3, 0.4) is 0 Å². The topological polar surface area (TPSA) is 30.5 Å². The molecular weight excluding hydrogens is 166 g/mol. The maximum Gasteiger partial charge on any atom is 0.169 e. The van der Waals surface area contributed by atoms with Crippen molar-refractivity contribution in [3.63, 3.8) is 0 Å². The normalized spacial score (nSPS) is 20.5. The molecule has 0 aromatic carbocycles. The van der Waals surface area contributed by atoms with E-state index in [0.717, 1.165) is 39.1 Å². The predicted molar refractivity (Wildman–Crippen MR) is 52.6 cm³/mol. The van der Waals surface area contributed by atoms with E-state index in [0.29, 0.717) is 5.92 Å². The summed E-state index contributed by atoms with van der Waals surface area (Å²) >= 11 is 0. The summed E-state index contributed by atoms with van der Waals surface area (Å²) < 4.78 is 11.0. The van der Waals surface area contributed by atoms with Gasteiger partial charge in [0.2, 0.25) is 0 Å². The maximum atomic E-state index is 5.50. The standard InChI is InChI=1S/C10H21NO2/c1-9(2)7-11-8-10-12-5-3-4-6-13-10/h9-11H,3-8H2,1-2H3. The lowest BCUT2D eigenvalue weighted by atomic mass is 10.2. The van der Waals surface area contributed by atoms with Crippen LogP contribution in [0.5, 0.6) is 0 Å². The minimum absolute atomic E-state index is 0.0266. The van der Waals surface area contributed by atoms with Crippen molar-refractivity contribution in [3.8, 4) is 0 Å². The lowest BCUT2D eigenvalue weighted by Gasteiger charge is -2.16. The third kappa shape index (κ3) is 5.24. The zero-order valence-corrected chi connectivity index (χ0v) is 8.71. The summed E-state index contributed by atoms with van der Waals surface area (Å²) in [6.07, 6.45) is 2.22. The zero-order valence-electron chi connectivity index (χ0n) is 8.71. The molecule has 1 saturated heterocycles. The van der Waals surface area contributed by atoms with Crippen LogP contribution in [0, 0.1) is 5.92 Å². The summed E-state index contributed by atoms with van der Waals surface area (Å²) in [5.74, 6) is 0.686. The van der Waals surface area contributed by atoms with Gasteiger partial charge < -0.3 is 14.8 Å². The molecule has 0 aromatic heterocycles. The molecule has 0 aromatic rings. The van der Waals surface area contributed by atoms with Crippen molar-refractivity contribution >= 4 is 0 Å². The molecule has 0 atom stereocenters. The molecule has 0 unspecified atom stereocenters. The van der Waals surface area contributed by atoms with Crippen molar-refractivity contribution in [1.29, 1.82) is 0 Å². The Labute approximate surface area is 80.8 Å². The van der Waals surface area contributed by atoms with Crippen molar-refractivity contribution < 1.29 is 9.47 Å². The molecule has 0 radical (unpaired) electrons. The molecule has 78 valence electrons. The van der Waals surface area contributed by atoms with Gasteiger partial charge in [0, 0.05) is 19.8 Å². The van der Waals surface area contributed by atoms with Gasteiger partial charge in [0.15, 0.2) is 6.29 Å². The molecule has 3 nitrogen and oxygen atoms in total. The number of hydrogen-bond donors (Lipinski definition) is 1. The number of ether oxygens (including phenoxy) is 2. The van der Waals surface area contributed by atoms with E-state index < -0.39 is 0 Å². The summed E-state index contributed by atoms with van der Waals surface area (Å²) in [6.45, 7) is 7.92. The van der Waals surface area contributed by atoms with Crippen molar-refractivity contribution in [1.82, 2.24) is 5.32 Å². The minimum Gasteiger partial charge on any atom is -0.351 e. The van der Waals surface area contributed by atoms with E-state index in [1.165, 1.54) is 0 Å². The van der Waals surface area contributed by atoms with Gasteiger partial charge in [0.1, 0.15) is 0 Å². The second-order valence-corrected chi connectivity index (χ2v) is 3.93. The largest absolute Gasteiger partial charge is 0.351 e. The van der Waals surface area contributed by atoms with Crippen LogP contribution < -0.4 is 5.32 Å². The molecular formula is C10H21NO2. The smallest absolute Gasteiger partial charge is 0.169 e. The quantitative estimate of drug-likeness (QED) is 0.721. The molecule has 0 saturated carbocycles. The Kier molecular flexibility index (Phi) is 5.35. The van der Waals surface area contributed by atoms with Crippen LogP contribution >= 0.6 is 0 Å². The molecule has 1 fully saturated rings. The average Bonchev–Trinajstić information content (AvgIpc) is 2.32. The SMILES string of the molecule is CC(C)CNCC1OCCCCO1. The fourth-order valence-corrected chi connectivity index (χ4v) is 1.29. The van der Waals surface area contributed by atoms with Gasteiger partial charge in [-0.2, -0.15) is 0 Å². The highest BCUT2D eigenvalue weighted by atomic mass is 16.7. The van der Waals surface area contributed by atoms with E-state index in [9.17, 15) is 0 Å². The fourth-order valence-electron chi connectivity index (χ4n) is 1.29. The highest BCUT2D eigenvalue weighted by molar-refractivity contribution is 4.57. The van der Waals surface area contributed by atoms with E-state index in [1.54, 1.807) is 0 Å². The first-order valence-electron chi connectivity index (χ1n) is 5.23.